The van der Waals surface area contributed by atoms with Crippen molar-refractivity contribution < 1.29 is 13.2 Å². The van der Waals surface area contributed by atoms with E-state index in [1.54, 1.807) is 24.3 Å². The van der Waals surface area contributed by atoms with Gasteiger partial charge in [-0.05, 0) is 69.5 Å². The third-order valence-electron chi connectivity index (χ3n) is 4.04. The van der Waals surface area contributed by atoms with Crippen molar-refractivity contribution in [2.75, 3.05) is 19.3 Å². The van der Waals surface area contributed by atoms with Gasteiger partial charge in [0.15, 0.2) is 9.84 Å². The molecule has 21 heavy (non-hydrogen) atoms. The highest BCUT2D eigenvalue weighted by molar-refractivity contribution is 7.90. The highest BCUT2D eigenvalue weighted by Gasteiger charge is 2.38. The summed E-state index contributed by atoms with van der Waals surface area (Å²) in [4.78, 5) is 0.335. The molecule has 1 aliphatic rings. The molecule has 1 aliphatic carbocycles. The van der Waals surface area contributed by atoms with E-state index in [1.165, 1.54) is 12.7 Å². The maximum Gasteiger partial charge on any atom is 0.175 e. The van der Waals surface area contributed by atoms with Crippen molar-refractivity contribution in [1.82, 2.24) is 5.32 Å². The third-order valence-corrected chi connectivity index (χ3v) is 5.16. The fraction of sp³-hybridized carbons (Fsp3) is 0.625. The van der Waals surface area contributed by atoms with Gasteiger partial charge in [-0.2, -0.15) is 0 Å². The molecular weight excluding hydrogens is 286 g/mol. The average Bonchev–Trinajstić information content (AvgIpc) is 2.40. The summed E-state index contributed by atoms with van der Waals surface area (Å²) in [6, 6.07) is 6.75. The van der Waals surface area contributed by atoms with Crippen LogP contribution in [-0.4, -0.2) is 33.4 Å². The first-order chi connectivity index (χ1) is 9.95. The number of sulfone groups is 1. The second kappa shape index (κ2) is 6.79. The molecule has 1 fully saturated rings. The zero-order valence-electron chi connectivity index (χ0n) is 12.9. The third kappa shape index (κ3) is 4.45. The predicted molar refractivity (Wildman–Crippen MR) is 84.5 cm³/mol. The average molecular weight is 311 g/mol. The number of hydrogen-bond donors (Lipinski definition) is 1. The molecule has 2 rings (SSSR count). The Kier molecular flexibility index (Phi) is 5.27. The minimum Gasteiger partial charge on any atom is -0.487 e. The molecule has 1 aromatic rings. The SMILES string of the molecule is CCCNCCC1(Oc2ccc(S(C)(=O)=O)cc2)CCC1. The molecule has 0 heterocycles. The van der Waals surface area contributed by atoms with E-state index in [0.29, 0.717) is 4.90 Å². The Labute approximate surface area is 127 Å². The van der Waals surface area contributed by atoms with E-state index in [2.05, 4.69) is 12.2 Å². The van der Waals surface area contributed by atoms with Crippen molar-refractivity contribution in [1.29, 1.82) is 0 Å². The highest BCUT2D eigenvalue weighted by atomic mass is 32.2. The summed E-state index contributed by atoms with van der Waals surface area (Å²) in [7, 11) is -3.14. The van der Waals surface area contributed by atoms with Crippen LogP contribution in [0.2, 0.25) is 0 Å². The van der Waals surface area contributed by atoms with Crippen LogP contribution in [0.5, 0.6) is 5.75 Å². The Morgan fingerprint density at radius 1 is 1.19 bits per heavy atom. The van der Waals surface area contributed by atoms with Crippen LogP contribution in [0.1, 0.15) is 39.0 Å². The van der Waals surface area contributed by atoms with Gasteiger partial charge in [0, 0.05) is 6.26 Å². The van der Waals surface area contributed by atoms with E-state index < -0.39 is 9.84 Å². The lowest BCUT2D eigenvalue weighted by molar-refractivity contribution is -0.0142. The number of benzene rings is 1. The molecule has 0 aliphatic heterocycles. The molecule has 0 saturated heterocycles. The molecule has 4 nitrogen and oxygen atoms in total. The summed E-state index contributed by atoms with van der Waals surface area (Å²) in [6.45, 7) is 4.17. The van der Waals surface area contributed by atoms with Crippen molar-refractivity contribution in [3.63, 3.8) is 0 Å². The van der Waals surface area contributed by atoms with Crippen molar-refractivity contribution in [2.24, 2.45) is 0 Å². The first-order valence-electron chi connectivity index (χ1n) is 7.65. The van der Waals surface area contributed by atoms with Gasteiger partial charge in [-0.1, -0.05) is 6.92 Å². The van der Waals surface area contributed by atoms with Gasteiger partial charge in [0.1, 0.15) is 11.4 Å². The summed E-state index contributed by atoms with van der Waals surface area (Å²) >= 11 is 0. The highest BCUT2D eigenvalue weighted by Crippen LogP contribution is 2.39. The Morgan fingerprint density at radius 2 is 1.86 bits per heavy atom. The van der Waals surface area contributed by atoms with E-state index in [9.17, 15) is 8.42 Å². The van der Waals surface area contributed by atoms with Crippen LogP contribution in [0, 0.1) is 0 Å². The van der Waals surface area contributed by atoms with Crippen LogP contribution in [-0.2, 0) is 9.84 Å². The Hall–Kier alpha value is -1.07. The van der Waals surface area contributed by atoms with Gasteiger partial charge in [-0.3, -0.25) is 0 Å². The molecule has 0 aromatic heterocycles. The molecule has 0 bridgehead atoms. The molecule has 0 spiro atoms. The molecule has 1 saturated carbocycles. The normalized spacial score (nSPS) is 17.2. The number of rotatable bonds is 8. The van der Waals surface area contributed by atoms with E-state index >= 15 is 0 Å². The standard InChI is InChI=1S/C16H25NO3S/c1-3-12-17-13-11-16(9-4-10-16)20-14-5-7-15(8-6-14)21(2,18)19/h5-8,17H,3-4,9-13H2,1-2H3. The first kappa shape index (κ1) is 16.3. The van der Waals surface area contributed by atoms with Gasteiger partial charge in [0.25, 0.3) is 0 Å². The zero-order valence-corrected chi connectivity index (χ0v) is 13.7. The zero-order chi connectivity index (χ0) is 15.3. The number of ether oxygens (including phenoxy) is 1. The van der Waals surface area contributed by atoms with Crippen LogP contribution in [0.25, 0.3) is 0 Å². The van der Waals surface area contributed by atoms with E-state index in [1.807, 2.05) is 0 Å². The maximum absolute atomic E-state index is 11.5. The summed E-state index contributed by atoms with van der Waals surface area (Å²) in [5, 5.41) is 3.41. The van der Waals surface area contributed by atoms with Gasteiger partial charge in [0.2, 0.25) is 0 Å². The number of hydrogen-bond acceptors (Lipinski definition) is 4. The van der Waals surface area contributed by atoms with E-state index in [0.717, 1.165) is 44.5 Å². The molecule has 118 valence electrons. The van der Waals surface area contributed by atoms with Crippen LogP contribution >= 0.6 is 0 Å². The minimum absolute atomic E-state index is 0.0622. The Balaban J connectivity index is 1.95. The predicted octanol–water partition coefficient (Wildman–Crippen LogP) is 2.78. The van der Waals surface area contributed by atoms with Gasteiger partial charge in [0.05, 0.1) is 4.90 Å². The fourth-order valence-electron chi connectivity index (χ4n) is 2.60. The largest absolute Gasteiger partial charge is 0.487 e. The first-order valence-corrected chi connectivity index (χ1v) is 9.54. The summed E-state index contributed by atoms with van der Waals surface area (Å²) in [6.07, 6.45) is 6.72. The fourth-order valence-corrected chi connectivity index (χ4v) is 3.23. The number of nitrogens with one attached hydrogen (secondary N) is 1. The monoisotopic (exact) mass is 311 g/mol. The van der Waals surface area contributed by atoms with Crippen LogP contribution in [0.4, 0.5) is 0 Å². The Bertz CT molecular complexity index is 547. The summed E-state index contributed by atoms with van der Waals surface area (Å²) < 4.78 is 29.1. The second-order valence-electron chi connectivity index (χ2n) is 5.88. The summed E-state index contributed by atoms with van der Waals surface area (Å²) in [5.41, 5.74) is -0.0622. The van der Waals surface area contributed by atoms with Crippen LogP contribution in [0.15, 0.2) is 29.2 Å². The lowest BCUT2D eigenvalue weighted by Gasteiger charge is -2.42. The molecular formula is C16H25NO3S. The summed E-state index contributed by atoms with van der Waals surface area (Å²) in [5.74, 6) is 0.762. The van der Waals surface area contributed by atoms with Crippen molar-refractivity contribution in [3.05, 3.63) is 24.3 Å². The molecule has 0 amide bonds. The molecule has 0 atom stereocenters. The Morgan fingerprint density at radius 3 is 2.33 bits per heavy atom. The van der Waals surface area contributed by atoms with Gasteiger partial charge in [-0.25, -0.2) is 8.42 Å². The van der Waals surface area contributed by atoms with Crippen LogP contribution in [0.3, 0.4) is 0 Å². The lowest BCUT2D eigenvalue weighted by Crippen LogP contribution is -2.45. The molecule has 1 aromatic carbocycles. The molecule has 5 heteroatoms. The molecule has 0 radical (unpaired) electrons. The van der Waals surface area contributed by atoms with Crippen molar-refractivity contribution in [3.8, 4) is 5.75 Å². The quantitative estimate of drug-likeness (QED) is 0.750. The van der Waals surface area contributed by atoms with Gasteiger partial charge in [-0.15, -0.1) is 0 Å². The second-order valence-corrected chi connectivity index (χ2v) is 7.90. The maximum atomic E-state index is 11.5. The molecule has 1 N–H and O–H groups in total. The van der Waals surface area contributed by atoms with Gasteiger partial charge < -0.3 is 10.1 Å². The van der Waals surface area contributed by atoms with Crippen LogP contribution < -0.4 is 10.1 Å². The van der Waals surface area contributed by atoms with Crippen molar-refractivity contribution >= 4 is 9.84 Å². The van der Waals surface area contributed by atoms with Crippen molar-refractivity contribution in [2.45, 2.75) is 49.5 Å². The molecule has 0 unspecified atom stereocenters. The van der Waals surface area contributed by atoms with E-state index in [4.69, 9.17) is 4.74 Å². The van der Waals surface area contributed by atoms with Gasteiger partial charge >= 0.3 is 0 Å². The van der Waals surface area contributed by atoms with E-state index in [-0.39, 0.29) is 5.60 Å². The smallest absolute Gasteiger partial charge is 0.175 e. The lowest BCUT2D eigenvalue weighted by atomic mass is 9.77. The topological polar surface area (TPSA) is 55.4 Å². The minimum atomic E-state index is -3.14.